The van der Waals surface area contributed by atoms with Gasteiger partial charge in [-0.1, -0.05) is 6.07 Å². The maximum atomic E-state index is 12.0. The van der Waals surface area contributed by atoms with Crippen LogP contribution >= 0.6 is 0 Å². The maximum absolute atomic E-state index is 12.0. The zero-order chi connectivity index (χ0) is 13.1. The lowest BCUT2D eigenvalue weighted by molar-refractivity contribution is 0.102. The molecular formula is C15H16N2O. The molecule has 0 saturated heterocycles. The van der Waals surface area contributed by atoms with E-state index >= 15 is 0 Å². The molecule has 3 heteroatoms. The number of hydrogen-bond acceptors (Lipinski definition) is 2. The summed E-state index contributed by atoms with van der Waals surface area (Å²) in [5, 5.41) is 2.93. The van der Waals surface area contributed by atoms with Crippen LogP contribution in [0.4, 0.5) is 5.69 Å². The Balaban J connectivity index is 2.25. The van der Waals surface area contributed by atoms with Gasteiger partial charge in [0.1, 0.15) is 0 Å². The summed E-state index contributed by atoms with van der Waals surface area (Å²) in [6.07, 6.45) is 3.23. The fourth-order valence-corrected chi connectivity index (χ4v) is 1.79. The molecule has 0 aliphatic heterocycles. The number of carbonyl (C=O) groups is 1. The lowest BCUT2D eigenvalue weighted by atomic mass is 10.0. The topological polar surface area (TPSA) is 42.0 Å². The summed E-state index contributed by atoms with van der Waals surface area (Å²) in [5.41, 5.74) is 4.95. The van der Waals surface area contributed by atoms with Crippen LogP contribution in [0.2, 0.25) is 0 Å². The summed E-state index contributed by atoms with van der Waals surface area (Å²) < 4.78 is 0. The second-order valence-electron chi connectivity index (χ2n) is 4.44. The molecule has 2 aromatic rings. The molecule has 0 atom stereocenters. The molecule has 1 aromatic carbocycles. The van der Waals surface area contributed by atoms with Crippen molar-refractivity contribution >= 4 is 11.6 Å². The van der Waals surface area contributed by atoms with Crippen LogP contribution in [0, 0.1) is 20.8 Å². The van der Waals surface area contributed by atoms with Gasteiger partial charge < -0.3 is 5.32 Å². The SMILES string of the molecule is Cc1cc(C)c(NC(=O)c2ccncc2)cc1C. The second kappa shape index (κ2) is 5.00. The van der Waals surface area contributed by atoms with E-state index in [0.717, 1.165) is 11.3 Å². The fourth-order valence-electron chi connectivity index (χ4n) is 1.79. The van der Waals surface area contributed by atoms with Crippen LogP contribution in [0.25, 0.3) is 0 Å². The molecule has 1 heterocycles. The van der Waals surface area contributed by atoms with E-state index in [4.69, 9.17) is 0 Å². The van der Waals surface area contributed by atoms with Crippen molar-refractivity contribution in [3.63, 3.8) is 0 Å². The van der Waals surface area contributed by atoms with Gasteiger partial charge in [0, 0.05) is 23.6 Å². The minimum absolute atomic E-state index is 0.108. The summed E-state index contributed by atoms with van der Waals surface area (Å²) in [5.74, 6) is -0.108. The molecule has 18 heavy (non-hydrogen) atoms. The van der Waals surface area contributed by atoms with Crippen LogP contribution in [0.5, 0.6) is 0 Å². The molecule has 1 aromatic heterocycles. The molecule has 0 aliphatic carbocycles. The lowest BCUT2D eigenvalue weighted by Crippen LogP contribution is -2.13. The third kappa shape index (κ3) is 2.56. The molecule has 0 bridgehead atoms. The van der Waals surface area contributed by atoms with Crippen molar-refractivity contribution in [1.82, 2.24) is 4.98 Å². The largest absolute Gasteiger partial charge is 0.322 e. The zero-order valence-electron chi connectivity index (χ0n) is 10.8. The Bertz CT molecular complexity index is 577. The number of nitrogens with zero attached hydrogens (tertiary/aromatic N) is 1. The Morgan fingerprint density at radius 3 is 2.28 bits per heavy atom. The first-order valence-corrected chi connectivity index (χ1v) is 5.87. The van der Waals surface area contributed by atoms with Crippen LogP contribution in [0.3, 0.4) is 0 Å². The Hall–Kier alpha value is -2.16. The molecule has 0 aliphatic rings. The Kier molecular flexibility index (Phi) is 3.42. The Morgan fingerprint density at radius 1 is 1.00 bits per heavy atom. The highest BCUT2D eigenvalue weighted by atomic mass is 16.1. The predicted octanol–water partition coefficient (Wildman–Crippen LogP) is 3.26. The quantitative estimate of drug-likeness (QED) is 0.875. The highest BCUT2D eigenvalue weighted by Gasteiger charge is 2.08. The van der Waals surface area contributed by atoms with E-state index < -0.39 is 0 Å². The van der Waals surface area contributed by atoms with E-state index in [2.05, 4.69) is 23.3 Å². The first-order valence-electron chi connectivity index (χ1n) is 5.87. The minimum Gasteiger partial charge on any atom is -0.322 e. The summed E-state index contributed by atoms with van der Waals surface area (Å²) in [6.45, 7) is 6.10. The van der Waals surface area contributed by atoms with Gasteiger partial charge in [0.15, 0.2) is 0 Å². The average Bonchev–Trinajstić information content (AvgIpc) is 2.37. The number of benzene rings is 1. The van der Waals surface area contributed by atoms with Crippen LogP contribution in [-0.2, 0) is 0 Å². The molecule has 92 valence electrons. The summed E-state index contributed by atoms with van der Waals surface area (Å²) >= 11 is 0. The molecule has 1 N–H and O–H groups in total. The van der Waals surface area contributed by atoms with Gasteiger partial charge >= 0.3 is 0 Å². The number of aryl methyl sites for hydroxylation is 3. The number of nitrogens with one attached hydrogen (secondary N) is 1. The minimum atomic E-state index is -0.108. The van der Waals surface area contributed by atoms with Crippen LogP contribution < -0.4 is 5.32 Å². The van der Waals surface area contributed by atoms with Gasteiger partial charge in [0.25, 0.3) is 5.91 Å². The zero-order valence-corrected chi connectivity index (χ0v) is 10.8. The molecule has 0 saturated carbocycles. The molecule has 3 nitrogen and oxygen atoms in total. The van der Waals surface area contributed by atoms with Gasteiger partial charge in [-0.3, -0.25) is 9.78 Å². The number of pyridine rings is 1. The van der Waals surface area contributed by atoms with Crippen LogP contribution in [0.15, 0.2) is 36.7 Å². The summed E-state index contributed by atoms with van der Waals surface area (Å²) in [6, 6.07) is 7.48. The van der Waals surface area contributed by atoms with Crippen molar-refractivity contribution in [2.75, 3.05) is 5.32 Å². The molecule has 1 amide bonds. The molecule has 0 fully saturated rings. The number of aromatic nitrogens is 1. The highest BCUT2D eigenvalue weighted by Crippen LogP contribution is 2.20. The number of rotatable bonds is 2. The Morgan fingerprint density at radius 2 is 1.61 bits per heavy atom. The van der Waals surface area contributed by atoms with Crippen molar-refractivity contribution in [3.05, 3.63) is 58.9 Å². The third-order valence-corrected chi connectivity index (χ3v) is 3.03. The van der Waals surface area contributed by atoms with E-state index in [0.29, 0.717) is 5.56 Å². The van der Waals surface area contributed by atoms with Gasteiger partial charge in [0.05, 0.1) is 0 Å². The second-order valence-corrected chi connectivity index (χ2v) is 4.44. The average molecular weight is 240 g/mol. The van der Waals surface area contributed by atoms with E-state index in [9.17, 15) is 4.79 Å². The third-order valence-electron chi connectivity index (χ3n) is 3.03. The molecular weight excluding hydrogens is 224 g/mol. The molecule has 0 unspecified atom stereocenters. The Labute approximate surface area is 107 Å². The van der Waals surface area contributed by atoms with Crippen molar-refractivity contribution in [1.29, 1.82) is 0 Å². The normalized spacial score (nSPS) is 10.2. The standard InChI is InChI=1S/C15H16N2O/c1-10-8-12(3)14(9-11(10)2)17-15(18)13-4-6-16-7-5-13/h4-9H,1-3H3,(H,17,18). The highest BCUT2D eigenvalue weighted by molar-refractivity contribution is 6.04. The number of amides is 1. The predicted molar refractivity (Wildman–Crippen MR) is 72.8 cm³/mol. The monoisotopic (exact) mass is 240 g/mol. The lowest BCUT2D eigenvalue weighted by Gasteiger charge is -2.11. The van der Waals surface area contributed by atoms with Crippen molar-refractivity contribution in [2.45, 2.75) is 20.8 Å². The summed E-state index contributed by atoms with van der Waals surface area (Å²) in [4.78, 5) is 15.9. The van der Waals surface area contributed by atoms with Crippen molar-refractivity contribution in [3.8, 4) is 0 Å². The fraction of sp³-hybridized carbons (Fsp3) is 0.200. The van der Waals surface area contributed by atoms with Gasteiger partial charge in [-0.15, -0.1) is 0 Å². The number of anilines is 1. The molecule has 2 rings (SSSR count). The van der Waals surface area contributed by atoms with E-state index in [1.807, 2.05) is 19.9 Å². The van der Waals surface area contributed by atoms with E-state index in [1.54, 1.807) is 24.5 Å². The molecule has 0 spiro atoms. The smallest absolute Gasteiger partial charge is 0.255 e. The van der Waals surface area contributed by atoms with Gasteiger partial charge in [-0.25, -0.2) is 0 Å². The van der Waals surface area contributed by atoms with Gasteiger partial charge in [-0.2, -0.15) is 0 Å². The first kappa shape index (κ1) is 12.3. The van der Waals surface area contributed by atoms with Crippen molar-refractivity contribution < 1.29 is 4.79 Å². The van der Waals surface area contributed by atoms with Crippen molar-refractivity contribution in [2.24, 2.45) is 0 Å². The number of hydrogen-bond donors (Lipinski definition) is 1. The summed E-state index contributed by atoms with van der Waals surface area (Å²) in [7, 11) is 0. The molecule has 0 radical (unpaired) electrons. The van der Waals surface area contributed by atoms with E-state index in [-0.39, 0.29) is 5.91 Å². The van der Waals surface area contributed by atoms with Gasteiger partial charge in [0.2, 0.25) is 0 Å². The van der Waals surface area contributed by atoms with Crippen LogP contribution in [-0.4, -0.2) is 10.9 Å². The van der Waals surface area contributed by atoms with E-state index in [1.165, 1.54) is 11.1 Å². The van der Waals surface area contributed by atoms with Gasteiger partial charge in [-0.05, 0) is 55.7 Å². The van der Waals surface area contributed by atoms with Crippen LogP contribution in [0.1, 0.15) is 27.0 Å². The first-order chi connectivity index (χ1) is 8.58. The number of carbonyl (C=O) groups excluding carboxylic acids is 1. The maximum Gasteiger partial charge on any atom is 0.255 e.